The first-order valence-corrected chi connectivity index (χ1v) is 5.29. The number of nitrogens with two attached hydrogens (primary N) is 1. The van der Waals surface area contributed by atoms with Gasteiger partial charge in [0.2, 0.25) is 0 Å². The summed E-state index contributed by atoms with van der Waals surface area (Å²) in [5.74, 6) is 0.108. The van der Waals surface area contributed by atoms with Crippen LogP contribution in [0, 0.1) is 11.2 Å². The maximum atomic E-state index is 13.3. The first kappa shape index (κ1) is 10.5. The molecule has 2 nitrogen and oxygen atoms in total. The van der Waals surface area contributed by atoms with Gasteiger partial charge in [0.25, 0.3) is 0 Å². The minimum Gasteiger partial charge on any atom is -0.379 e. The molecule has 0 amide bonds. The molecule has 0 unspecified atom stereocenters. The van der Waals surface area contributed by atoms with E-state index in [0.29, 0.717) is 15.8 Å². The van der Waals surface area contributed by atoms with Crippen LogP contribution < -0.4 is 5.73 Å². The fourth-order valence-corrected chi connectivity index (χ4v) is 1.76. The van der Waals surface area contributed by atoms with Crippen molar-refractivity contribution < 1.29 is 4.39 Å². The molecule has 13 heavy (non-hydrogen) atoms. The molecule has 0 fully saturated rings. The van der Waals surface area contributed by atoms with Crippen LogP contribution in [0.2, 0.25) is 0 Å². The summed E-state index contributed by atoms with van der Waals surface area (Å²) in [6.07, 6.45) is 0. The Bertz CT molecular complexity index is 330. The van der Waals surface area contributed by atoms with Crippen LogP contribution in [0.4, 0.5) is 4.39 Å². The molecule has 1 rings (SSSR count). The lowest BCUT2D eigenvalue weighted by molar-refractivity contribution is 0.610. The average molecular weight is 263 g/mol. The van der Waals surface area contributed by atoms with Gasteiger partial charge in [-0.3, -0.25) is 5.41 Å². The Hall–Kier alpha value is -0.550. The summed E-state index contributed by atoms with van der Waals surface area (Å²) in [6.45, 7) is 0. The molecule has 0 aliphatic rings. The second kappa shape index (κ2) is 4.62. The third-order valence-corrected chi connectivity index (χ3v) is 2.79. The number of amidine groups is 1. The van der Waals surface area contributed by atoms with Gasteiger partial charge in [-0.2, -0.15) is 0 Å². The lowest BCUT2D eigenvalue weighted by Gasteiger charge is -2.02. The first-order valence-electron chi connectivity index (χ1n) is 3.51. The smallest absolute Gasteiger partial charge is 0.151 e. The highest BCUT2D eigenvalue weighted by Gasteiger charge is 2.05. The predicted molar refractivity (Wildman–Crippen MR) is 57.3 cm³/mol. The van der Waals surface area contributed by atoms with E-state index < -0.39 is 0 Å². The lowest BCUT2D eigenvalue weighted by Crippen LogP contribution is -2.04. The molecule has 0 heterocycles. The van der Waals surface area contributed by atoms with Crippen molar-refractivity contribution in [2.24, 2.45) is 5.73 Å². The van der Waals surface area contributed by atoms with Crippen LogP contribution in [0.3, 0.4) is 0 Å². The number of halogens is 2. The number of benzene rings is 1. The van der Waals surface area contributed by atoms with Gasteiger partial charge in [-0.1, -0.05) is 23.9 Å². The summed E-state index contributed by atoms with van der Waals surface area (Å²) in [7, 11) is 0. The minimum absolute atomic E-state index is 0.000578. The van der Waals surface area contributed by atoms with Crippen molar-refractivity contribution >= 4 is 32.9 Å². The summed E-state index contributed by atoms with van der Waals surface area (Å²) in [6, 6.07) is 5.07. The van der Waals surface area contributed by atoms with Crippen LogP contribution >= 0.6 is 27.7 Å². The van der Waals surface area contributed by atoms with Crippen molar-refractivity contribution in [3.8, 4) is 0 Å². The summed E-state index contributed by atoms with van der Waals surface area (Å²) >= 11 is 4.19. The average Bonchev–Trinajstić information content (AvgIpc) is 2.07. The molecule has 1 aromatic rings. The molecule has 5 heteroatoms. The van der Waals surface area contributed by atoms with Gasteiger partial charge in [0.15, 0.2) is 5.17 Å². The van der Waals surface area contributed by atoms with Crippen molar-refractivity contribution in [2.45, 2.75) is 5.75 Å². The van der Waals surface area contributed by atoms with Gasteiger partial charge in [0.05, 0.1) is 4.47 Å². The number of nitrogens with one attached hydrogen (secondary N) is 1. The highest BCUT2D eigenvalue weighted by atomic mass is 79.9. The summed E-state index contributed by atoms with van der Waals surface area (Å²) in [4.78, 5) is 0. The Labute approximate surface area is 88.3 Å². The SMILES string of the molecule is N=C(N)SCc1cccc(Br)c1F. The molecule has 0 spiro atoms. The normalized spacial score (nSPS) is 10.0. The largest absolute Gasteiger partial charge is 0.379 e. The van der Waals surface area contributed by atoms with Crippen molar-refractivity contribution in [3.05, 3.63) is 34.1 Å². The molecule has 0 aliphatic carbocycles. The molecule has 1 aromatic carbocycles. The summed E-state index contributed by atoms with van der Waals surface area (Å²) in [5, 5.41) is 6.97. The Morgan fingerprint density at radius 2 is 2.31 bits per heavy atom. The van der Waals surface area contributed by atoms with Crippen molar-refractivity contribution in [3.63, 3.8) is 0 Å². The van der Waals surface area contributed by atoms with Gasteiger partial charge in [-0.15, -0.1) is 0 Å². The second-order valence-electron chi connectivity index (χ2n) is 2.37. The van der Waals surface area contributed by atoms with Crippen LogP contribution in [0.25, 0.3) is 0 Å². The zero-order valence-corrected chi connectivity index (χ0v) is 9.08. The van der Waals surface area contributed by atoms with Crippen molar-refractivity contribution in [1.82, 2.24) is 0 Å². The molecule has 0 aliphatic heterocycles. The number of hydrogen-bond donors (Lipinski definition) is 2. The number of thioether (sulfide) groups is 1. The molecule has 0 atom stereocenters. The van der Waals surface area contributed by atoms with Gasteiger partial charge in [0, 0.05) is 5.75 Å². The van der Waals surface area contributed by atoms with Crippen LogP contribution in [0.5, 0.6) is 0 Å². The van der Waals surface area contributed by atoms with Gasteiger partial charge in [-0.05, 0) is 27.6 Å². The van der Waals surface area contributed by atoms with Crippen molar-refractivity contribution in [2.75, 3.05) is 0 Å². The number of rotatable bonds is 2. The maximum Gasteiger partial charge on any atom is 0.151 e. The molecular formula is C8H8BrFN2S. The van der Waals surface area contributed by atoms with Crippen LogP contribution in [0.1, 0.15) is 5.56 Å². The van der Waals surface area contributed by atoms with Gasteiger partial charge in [-0.25, -0.2) is 4.39 Å². The molecule has 0 saturated carbocycles. The van der Waals surface area contributed by atoms with E-state index in [0.717, 1.165) is 11.8 Å². The monoisotopic (exact) mass is 262 g/mol. The Morgan fingerprint density at radius 1 is 1.62 bits per heavy atom. The molecule has 0 bridgehead atoms. The highest BCUT2D eigenvalue weighted by Crippen LogP contribution is 2.21. The molecule has 0 radical (unpaired) electrons. The van der Waals surface area contributed by atoms with E-state index in [9.17, 15) is 4.39 Å². The molecule has 3 N–H and O–H groups in total. The van der Waals surface area contributed by atoms with E-state index in [2.05, 4.69) is 15.9 Å². The Balaban J connectivity index is 2.77. The van der Waals surface area contributed by atoms with Crippen molar-refractivity contribution in [1.29, 1.82) is 5.41 Å². The van der Waals surface area contributed by atoms with E-state index in [1.807, 2.05) is 0 Å². The summed E-state index contributed by atoms with van der Waals surface area (Å²) < 4.78 is 13.7. The maximum absolute atomic E-state index is 13.3. The van der Waals surface area contributed by atoms with E-state index in [1.54, 1.807) is 18.2 Å². The second-order valence-corrected chi connectivity index (χ2v) is 4.24. The summed E-state index contributed by atoms with van der Waals surface area (Å²) in [5.41, 5.74) is 5.69. The Morgan fingerprint density at radius 3 is 2.92 bits per heavy atom. The zero-order valence-electron chi connectivity index (χ0n) is 6.68. The van der Waals surface area contributed by atoms with Crippen LogP contribution in [-0.4, -0.2) is 5.17 Å². The molecule has 0 saturated heterocycles. The van der Waals surface area contributed by atoms with E-state index in [4.69, 9.17) is 11.1 Å². The Kier molecular flexibility index (Phi) is 3.74. The predicted octanol–water partition coefficient (Wildman–Crippen LogP) is 2.71. The highest BCUT2D eigenvalue weighted by molar-refractivity contribution is 9.10. The van der Waals surface area contributed by atoms with Crippen LogP contribution in [0.15, 0.2) is 22.7 Å². The third-order valence-electron chi connectivity index (χ3n) is 1.41. The first-order chi connectivity index (χ1) is 6.11. The van der Waals surface area contributed by atoms with Gasteiger partial charge < -0.3 is 5.73 Å². The third kappa shape index (κ3) is 3.00. The van der Waals surface area contributed by atoms with E-state index in [-0.39, 0.29) is 11.0 Å². The quantitative estimate of drug-likeness (QED) is 0.636. The minimum atomic E-state index is -0.281. The fourth-order valence-electron chi connectivity index (χ4n) is 0.815. The lowest BCUT2D eigenvalue weighted by atomic mass is 10.2. The topological polar surface area (TPSA) is 49.9 Å². The van der Waals surface area contributed by atoms with Crippen LogP contribution in [-0.2, 0) is 5.75 Å². The zero-order chi connectivity index (χ0) is 9.84. The molecule has 0 aromatic heterocycles. The molecular weight excluding hydrogens is 255 g/mol. The van der Waals surface area contributed by atoms with E-state index in [1.165, 1.54) is 0 Å². The standard InChI is InChI=1S/C8H8BrFN2S/c9-6-3-1-2-5(7(6)10)4-13-8(11)12/h1-3H,4H2,(H3,11,12). The molecule has 70 valence electrons. The fraction of sp³-hybridized carbons (Fsp3) is 0.125. The van der Waals surface area contributed by atoms with E-state index >= 15 is 0 Å². The van der Waals surface area contributed by atoms with Gasteiger partial charge >= 0.3 is 0 Å². The van der Waals surface area contributed by atoms with Gasteiger partial charge in [0.1, 0.15) is 5.82 Å². The number of hydrogen-bond acceptors (Lipinski definition) is 2.